The fourth-order valence-corrected chi connectivity index (χ4v) is 4.21. The summed E-state index contributed by atoms with van der Waals surface area (Å²) in [5.74, 6) is 0. The summed E-state index contributed by atoms with van der Waals surface area (Å²) < 4.78 is 28.2. The van der Waals surface area contributed by atoms with Gasteiger partial charge in [-0.1, -0.05) is 12.1 Å². The first-order valence-electron chi connectivity index (χ1n) is 9.45. The number of para-hydroxylation sites is 1. The summed E-state index contributed by atoms with van der Waals surface area (Å²) in [4.78, 5) is 34.3. The van der Waals surface area contributed by atoms with Crippen LogP contribution in [0.2, 0.25) is 0 Å². The number of carbonyl (C=O) groups excluding carboxylic acids is 1. The monoisotopic (exact) mass is 450 g/mol. The predicted octanol–water partition coefficient (Wildman–Crippen LogP) is 2.44. The quantitative estimate of drug-likeness (QED) is 0.355. The summed E-state index contributed by atoms with van der Waals surface area (Å²) in [5.41, 5.74) is 1.28. The fraction of sp³-hybridized carbons (Fsp3) is 0.0476. The Morgan fingerprint density at radius 2 is 1.78 bits per heavy atom. The molecular weight excluding hydrogens is 432 g/mol. The third-order valence-corrected chi connectivity index (χ3v) is 5.91. The van der Waals surface area contributed by atoms with Crippen LogP contribution in [0.3, 0.4) is 0 Å². The molecule has 11 heteroatoms. The zero-order valence-electron chi connectivity index (χ0n) is 16.6. The third kappa shape index (κ3) is 4.73. The number of nitrogens with one attached hydrogen (secondary N) is 4. The first-order chi connectivity index (χ1) is 15.4. The lowest BCUT2D eigenvalue weighted by molar-refractivity contribution is 0.251. The molecule has 2 heterocycles. The number of hydrogen-bond donors (Lipinski definition) is 4. The molecule has 2 amide bonds. The number of fused-ring (bicyclic) bond motifs is 1. The molecule has 4 rings (SSSR count). The second kappa shape index (κ2) is 8.86. The van der Waals surface area contributed by atoms with Gasteiger partial charge in [0, 0.05) is 30.3 Å². The van der Waals surface area contributed by atoms with Gasteiger partial charge in [-0.25, -0.2) is 18.2 Å². The first kappa shape index (κ1) is 21.0. The van der Waals surface area contributed by atoms with E-state index in [1.807, 2.05) is 6.07 Å². The van der Waals surface area contributed by atoms with Crippen molar-refractivity contribution in [1.82, 2.24) is 20.3 Å². The molecule has 10 nitrogen and oxygen atoms in total. The molecule has 2 aromatic carbocycles. The topological polar surface area (TPSA) is 146 Å². The zero-order valence-corrected chi connectivity index (χ0v) is 17.4. The maximum Gasteiger partial charge on any atom is 0.319 e. The minimum atomic E-state index is -4.00. The molecule has 0 spiro atoms. The number of anilines is 2. The van der Waals surface area contributed by atoms with Crippen molar-refractivity contribution in [2.24, 2.45) is 0 Å². The number of amides is 2. The second-order valence-electron chi connectivity index (χ2n) is 6.74. The number of urea groups is 1. The molecule has 0 unspecified atom stereocenters. The summed E-state index contributed by atoms with van der Waals surface area (Å²) in [6.45, 7) is 0.319. The highest BCUT2D eigenvalue weighted by Crippen LogP contribution is 2.22. The second-order valence-corrected chi connectivity index (χ2v) is 8.39. The van der Waals surface area contributed by atoms with Gasteiger partial charge in [-0.2, -0.15) is 0 Å². The smallest absolute Gasteiger partial charge is 0.319 e. The van der Waals surface area contributed by atoms with E-state index in [1.165, 1.54) is 30.3 Å². The van der Waals surface area contributed by atoms with Crippen LogP contribution in [0.1, 0.15) is 5.56 Å². The molecule has 4 N–H and O–H groups in total. The lowest BCUT2D eigenvalue weighted by atomic mass is 10.2. The molecule has 2 aromatic heterocycles. The number of aromatic nitrogens is 3. The Balaban J connectivity index is 1.44. The molecule has 0 saturated carbocycles. The molecule has 0 atom stereocenters. The number of nitrogens with zero attached hydrogens (tertiary/aromatic N) is 2. The van der Waals surface area contributed by atoms with E-state index in [4.69, 9.17) is 0 Å². The number of pyridine rings is 1. The van der Waals surface area contributed by atoms with E-state index in [0.717, 1.165) is 11.9 Å². The van der Waals surface area contributed by atoms with E-state index in [9.17, 15) is 18.0 Å². The summed E-state index contributed by atoms with van der Waals surface area (Å²) >= 11 is 0. The zero-order chi connectivity index (χ0) is 22.6. The van der Waals surface area contributed by atoms with E-state index < -0.39 is 21.6 Å². The molecule has 162 valence electrons. The minimum Gasteiger partial charge on any atom is -0.334 e. The van der Waals surface area contributed by atoms with Gasteiger partial charge in [-0.3, -0.25) is 14.5 Å². The highest BCUT2D eigenvalue weighted by molar-refractivity contribution is 7.93. The van der Waals surface area contributed by atoms with Gasteiger partial charge in [0.25, 0.3) is 15.6 Å². The first-order valence-corrected chi connectivity index (χ1v) is 10.9. The van der Waals surface area contributed by atoms with E-state index >= 15 is 0 Å². The van der Waals surface area contributed by atoms with Crippen LogP contribution in [-0.4, -0.2) is 29.4 Å². The van der Waals surface area contributed by atoms with Crippen molar-refractivity contribution in [3.63, 3.8) is 0 Å². The maximum atomic E-state index is 12.9. The normalized spacial score (nSPS) is 11.1. The van der Waals surface area contributed by atoms with E-state index in [2.05, 4.69) is 30.3 Å². The lowest BCUT2D eigenvalue weighted by Gasteiger charge is -2.11. The lowest BCUT2D eigenvalue weighted by Crippen LogP contribution is -2.28. The van der Waals surface area contributed by atoms with E-state index in [0.29, 0.717) is 12.2 Å². The van der Waals surface area contributed by atoms with Crippen LogP contribution in [0.5, 0.6) is 0 Å². The number of sulfonamides is 1. The molecular formula is C21H18N6O4S. The predicted molar refractivity (Wildman–Crippen MR) is 120 cm³/mol. The van der Waals surface area contributed by atoms with Crippen LogP contribution in [0.4, 0.5) is 16.2 Å². The molecule has 32 heavy (non-hydrogen) atoms. The summed E-state index contributed by atoms with van der Waals surface area (Å²) in [7, 11) is -4.00. The van der Waals surface area contributed by atoms with Crippen LogP contribution < -0.4 is 20.9 Å². The van der Waals surface area contributed by atoms with Crippen LogP contribution in [0.15, 0.2) is 83.0 Å². The van der Waals surface area contributed by atoms with Crippen LogP contribution in [0, 0.1) is 0 Å². The largest absolute Gasteiger partial charge is 0.334 e. The molecule has 0 aliphatic heterocycles. The van der Waals surface area contributed by atoms with Gasteiger partial charge in [0.2, 0.25) is 0 Å². The van der Waals surface area contributed by atoms with Crippen LogP contribution in [-0.2, 0) is 16.6 Å². The van der Waals surface area contributed by atoms with E-state index in [-0.39, 0.29) is 21.5 Å². The standard InChI is InChI=1S/C21H18N6O4S/c28-20-17-4-1-5-18(19(17)24-13-25-20)32(30,31)27-16-8-6-15(7-9-16)26-21(29)23-12-14-3-2-10-22-11-14/h1-11,13,27H,12H2,(H2,23,26,29)(H,24,25,28). The Kier molecular flexibility index (Phi) is 5.81. The molecule has 0 fully saturated rings. The van der Waals surface area contributed by atoms with Gasteiger partial charge in [0.1, 0.15) is 4.90 Å². The highest BCUT2D eigenvalue weighted by atomic mass is 32.2. The Morgan fingerprint density at radius 1 is 1.00 bits per heavy atom. The SMILES string of the molecule is O=C(NCc1cccnc1)Nc1ccc(NS(=O)(=O)c2cccc3c(=O)[nH]cnc23)cc1. The van der Waals surface area contributed by atoms with Crippen LogP contribution >= 0.6 is 0 Å². The number of hydrogen-bond acceptors (Lipinski definition) is 6. The minimum absolute atomic E-state index is 0.0762. The van der Waals surface area contributed by atoms with Gasteiger partial charge in [0.05, 0.1) is 17.2 Å². The molecule has 0 aliphatic rings. The Bertz CT molecular complexity index is 1420. The van der Waals surface area contributed by atoms with Gasteiger partial charge < -0.3 is 15.6 Å². The van der Waals surface area contributed by atoms with E-state index in [1.54, 1.807) is 30.6 Å². The Labute approximate surface area is 182 Å². The summed E-state index contributed by atoms with van der Waals surface area (Å²) in [6.07, 6.45) is 4.46. The highest BCUT2D eigenvalue weighted by Gasteiger charge is 2.19. The summed E-state index contributed by atoms with van der Waals surface area (Å²) in [6, 6.07) is 13.7. The van der Waals surface area contributed by atoms with Gasteiger partial charge in [0.15, 0.2) is 0 Å². The van der Waals surface area contributed by atoms with Crippen LogP contribution in [0.25, 0.3) is 10.9 Å². The van der Waals surface area contributed by atoms with Crippen molar-refractivity contribution >= 4 is 38.3 Å². The van der Waals surface area contributed by atoms with Crippen molar-refractivity contribution < 1.29 is 13.2 Å². The molecule has 0 aliphatic carbocycles. The molecule has 0 bridgehead atoms. The number of carbonyl (C=O) groups is 1. The Morgan fingerprint density at radius 3 is 2.53 bits per heavy atom. The fourth-order valence-electron chi connectivity index (χ4n) is 2.98. The summed E-state index contributed by atoms with van der Waals surface area (Å²) in [5, 5.41) is 5.55. The van der Waals surface area contributed by atoms with Crippen molar-refractivity contribution in [1.29, 1.82) is 0 Å². The average Bonchev–Trinajstić information content (AvgIpc) is 2.79. The maximum absolute atomic E-state index is 12.9. The van der Waals surface area contributed by atoms with Crippen molar-refractivity contribution in [3.05, 3.63) is 89.2 Å². The van der Waals surface area contributed by atoms with Crippen molar-refractivity contribution in [2.75, 3.05) is 10.0 Å². The molecule has 0 saturated heterocycles. The number of aromatic amines is 1. The van der Waals surface area contributed by atoms with Gasteiger partial charge >= 0.3 is 6.03 Å². The third-order valence-electron chi connectivity index (χ3n) is 4.49. The molecule has 0 radical (unpaired) electrons. The Hall–Kier alpha value is -4.25. The number of H-pyrrole nitrogens is 1. The number of rotatable bonds is 6. The molecule has 4 aromatic rings. The average molecular weight is 450 g/mol. The van der Waals surface area contributed by atoms with Gasteiger partial charge in [-0.05, 0) is 48.0 Å². The van der Waals surface area contributed by atoms with Gasteiger partial charge in [-0.15, -0.1) is 0 Å². The number of benzene rings is 2. The van der Waals surface area contributed by atoms with Crippen molar-refractivity contribution in [3.8, 4) is 0 Å². The van der Waals surface area contributed by atoms with Crippen molar-refractivity contribution in [2.45, 2.75) is 11.4 Å².